The summed E-state index contributed by atoms with van der Waals surface area (Å²) in [6, 6.07) is 41.1. The summed E-state index contributed by atoms with van der Waals surface area (Å²) < 4.78 is 0. The molecule has 1 nitrogen and oxygen atoms in total. The maximum Gasteiger partial charge on any atom is 0.0473 e. The van der Waals surface area contributed by atoms with E-state index in [0.29, 0.717) is 6.42 Å². The van der Waals surface area contributed by atoms with Crippen LogP contribution in [-0.4, -0.2) is 5.71 Å². The molecule has 0 N–H and O–H groups in total. The second-order valence-electron chi connectivity index (χ2n) is 12.2. The van der Waals surface area contributed by atoms with Crippen LogP contribution in [0.25, 0.3) is 44.7 Å². The normalized spacial score (nSPS) is 13.3. The van der Waals surface area contributed by atoms with Gasteiger partial charge in [0.15, 0.2) is 0 Å². The van der Waals surface area contributed by atoms with Gasteiger partial charge in [0, 0.05) is 17.8 Å². The third-order valence-electron chi connectivity index (χ3n) is 8.75. The average molecular weight is 660 g/mol. The van der Waals surface area contributed by atoms with Crippen molar-refractivity contribution in [3.05, 3.63) is 204 Å². The van der Waals surface area contributed by atoms with Gasteiger partial charge in [0.05, 0.1) is 0 Å². The van der Waals surface area contributed by atoms with E-state index in [1.165, 1.54) is 38.6 Å². The van der Waals surface area contributed by atoms with Gasteiger partial charge in [-0.3, -0.25) is 4.99 Å². The smallest absolute Gasteiger partial charge is 0.0473 e. The minimum Gasteiger partial charge on any atom is -0.257 e. The van der Waals surface area contributed by atoms with Crippen molar-refractivity contribution in [2.24, 2.45) is 4.99 Å². The molecule has 5 aromatic carbocycles. The van der Waals surface area contributed by atoms with E-state index in [4.69, 9.17) is 11.4 Å². The van der Waals surface area contributed by atoms with Gasteiger partial charge in [-0.1, -0.05) is 170 Å². The highest BCUT2D eigenvalue weighted by molar-refractivity contribution is 6.08. The molecule has 0 heterocycles. The van der Waals surface area contributed by atoms with E-state index in [2.05, 4.69) is 178 Å². The lowest BCUT2D eigenvalue weighted by Gasteiger charge is -2.16. The summed E-state index contributed by atoms with van der Waals surface area (Å²) >= 11 is 0. The van der Waals surface area contributed by atoms with Gasteiger partial charge < -0.3 is 0 Å². The summed E-state index contributed by atoms with van der Waals surface area (Å²) in [6.45, 7) is 8.31. The van der Waals surface area contributed by atoms with Crippen LogP contribution in [0.5, 0.6) is 0 Å². The minimum atomic E-state index is 0.696. The van der Waals surface area contributed by atoms with Gasteiger partial charge in [-0.15, -0.1) is 6.42 Å². The Morgan fingerprint density at radius 3 is 2.08 bits per heavy atom. The third kappa shape index (κ3) is 9.48. The molecule has 0 saturated heterocycles. The first-order valence-electron chi connectivity index (χ1n) is 17.5. The van der Waals surface area contributed by atoms with Gasteiger partial charge in [-0.25, -0.2) is 0 Å². The Morgan fingerprint density at radius 2 is 1.37 bits per heavy atom. The lowest BCUT2D eigenvalue weighted by atomic mass is 9.87. The Hall–Kier alpha value is -6.23. The first kappa shape index (κ1) is 36.1. The van der Waals surface area contributed by atoms with Crippen molar-refractivity contribution < 1.29 is 0 Å². The van der Waals surface area contributed by atoms with Gasteiger partial charge in [-0.05, 0) is 107 Å². The molecule has 0 atom stereocenters. The standard InChI is InChI=1S/C50H45N/c1-6-9-11-12-20-33-49(38(4)24-15-10-7-2)51-39(5)43-29-23-30-44(36-43)40(8-3)34-35-45-37-48(41-25-16-13-17-26-41)46-31-21-22-32-47(46)50(45)42-27-18-14-19-28-42/h1,7-32,34-37H,33H2,2-5H3/b10-7-,11-9-,20-12-,24-15-,35-34-,40-8+,49-38+,51-39+. The number of hydrogen-bond acceptors (Lipinski definition) is 1. The molecule has 0 amide bonds. The molecular formula is C50H45N. The summed E-state index contributed by atoms with van der Waals surface area (Å²) in [5, 5.41) is 2.48. The van der Waals surface area contributed by atoms with Gasteiger partial charge in [-0.2, -0.15) is 0 Å². The molecule has 0 fully saturated rings. The van der Waals surface area contributed by atoms with Crippen LogP contribution >= 0.6 is 0 Å². The van der Waals surface area contributed by atoms with E-state index in [9.17, 15) is 0 Å². The fourth-order valence-electron chi connectivity index (χ4n) is 6.11. The predicted octanol–water partition coefficient (Wildman–Crippen LogP) is 13.6. The van der Waals surface area contributed by atoms with Crippen molar-refractivity contribution in [2.45, 2.75) is 34.1 Å². The average Bonchev–Trinajstić information content (AvgIpc) is 3.18. The fourth-order valence-corrected chi connectivity index (χ4v) is 6.11. The highest BCUT2D eigenvalue weighted by Gasteiger charge is 2.14. The van der Waals surface area contributed by atoms with Gasteiger partial charge >= 0.3 is 0 Å². The molecule has 0 aromatic heterocycles. The first-order chi connectivity index (χ1) is 25.0. The Kier molecular flexibility index (Phi) is 13.1. The van der Waals surface area contributed by atoms with Gasteiger partial charge in [0.2, 0.25) is 0 Å². The van der Waals surface area contributed by atoms with Crippen molar-refractivity contribution in [1.82, 2.24) is 0 Å². The molecule has 0 aliphatic carbocycles. The zero-order valence-electron chi connectivity index (χ0n) is 30.1. The van der Waals surface area contributed by atoms with Crippen LogP contribution < -0.4 is 0 Å². The zero-order chi connectivity index (χ0) is 35.8. The molecule has 0 bridgehead atoms. The largest absolute Gasteiger partial charge is 0.257 e. The van der Waals surface area contributed by atoms with Crippen LogP contribution in [0, 0.1) is 12.3 Å². The van der Waals surface area contributed by atoms with E-state index in [1.54, 1.807) is 6.08 Å². The number of nitrogens with zero attached hydrogens (tertiary/aromatic N) is 1. The zero-order valence-corrected chi connectivity index (χ0v) is 30.1. The van der Waals surface area contributed by atoms with Crippen LogP contribution in [0.15, 0.2) is 192 Å². The molecule has 5 rings (SSSR count). The highest BCUT2D eigenvalue weighted by atomic mass is 14.8. The van der Waals surface area contributed by atoms with Gasteiger partial charge in [0.25, 0.3) is 0 Å². The predicted molar refractivity (Wildman–Crippen MR) is 225 cm³/mol. The maximum atomic E-state index is 5.36. The van der Waals surface area contributed by atoms with Gasteiger partial charge in [0.1, 0.15) is 0 Å². The van der Waals surface area contributed by atoms with Crippen LogP contribution in [0.2, 0.25) is 0 Å². The summed E-state index contributed by atoms with van der Waals surface area (Å²) in [5.74, 6) is 2.53. The monoisotopic (exact) mass is 659 g/mol. The second-order valence-corrected chi connectivity index (χ2v) is 12.2. The summed E-state index contributed by atoms with van der Waals surface area (Å²) in [7, 11) is 0. The van der Waals surface area contributed by atoms with E-state index < -0.39 is 0 Å². The summed E-state index contributed by atoms with van der Waals surface area (Å²) in [4.78, 5) is 5.14. The Balaban J connectivity index is 1.55. The molecule has 1 heteroatoms. The van der Waals surface area contributed by atoms with E-state index in [1.807, 2.05) is 31.2 Å². The second kappa shape index (κ2) is 18.5. The number of terminal acetylenes is 1. The van der Waals surface area contributed by atoms with Crippen LogP contribution in [0.1, 0.15) is 50.8 Å². The van der Waals surface area contributed by atoms with Crippen molar-refractivity contribution in [3.63, 3.8) is 0 Å². The SMILES string of the molecule is C#C/C=C\C=C/CC(/N=C(\C)c1cccc(C(/C=C\c2cc(-c3ccccc3)c3ccccc3c2-c2ccccc2)=C/C)c1)=C(C)\C=C/C=C\C. The summed E-state index contributed by atoms with van der Waals surface area (Å²) in [6.07, 6.45) is 28.6. The molecular weight excluding hydrogens is 615 g/mol. The van der Waals surface area contributed by atoms with E-state index in [0.717, 1.165) is 33.7 Å². The van der Waals surface area contributed by atoms with Crippen molar-refractivity contribution >= 4 is 28.1 Å². The number of fused-ring (bicyclic) bond motifs is 1. The molecule has 0 aliphatic rings. The Bertz CT molecular complexity index is 2240. The molecule has 250 valence electrons. The highest BCUT2D eigenvalue weighted by Crippen LogP contribution is 2.39. The molecule has 51 heavy (non-hydrogen) atoms. The maximum absolute atomic E-state index is 5.36. The minimum absolute atomic E-state index is 0.696. The van der Waals surface area contributed by atoms with Crippen LogP contribution in [0.4, 0.5) is 0 Å². The number of allylic oxidation sites excluding steroid dienone is 12. The number of benzene rings is 5. The Morgan fingerprint density at radius 1 is 0.686 bits per heavy atom. The molecule has 0 radical (unpaired) electrons. The lowest BCUT2D eigenvalue weighted by Crippen LogP contribution is -1.98. The topological polar surface area (TPSA) is 12.4 Å². The quantitative estimate of drug-likeness (QED) is 0.0718. The molecule has 0 unspecified atom stereocenters. The third-order valence-corrected chi connectivity index (χ3v) is 8.75. The van der Waals surface area contributed by atoms with Crippen LogP contribution in [0.3, 0.4) is 0 Å². The first-order valence-corrected chi connectivity index (χ1v) is 17.5. The summed E-state index contributed by atoms with van der Waals surface area (Å²) in [5.41, 5.74) is 12.5. The van der Waals surface area contributed by atoms with E-state index >= 15 is 0 Å². The molecule has 0 saturated carbocycles. The molecule has 5 aromatic rings. The number of aliphatic imine (C=N–C) groups is 1. The van der Waals surface area contributed by atoms with E-state index in [-0.39, 0.29) is 0 Å². The molecule has 0 spiro atoms. The van der Waals surface area contributed by atoms with Crippen molar-refractivity contribution in [2.75, 3.05) is 0 Å². The lowest BCUT2D eigenvalue weighted by molar-refractivity contribution is 1.12. The Labute approximate surface area is 304 Å². The number of rotatable bonds is 12. The van der Waals surface area contributed by atoms with Crippen LogP contribution in [-0.2, 0) is 0 Å². The number of hydrogen-bond donors (Lipinski definition) is 0. The van der Waals surface area contributed by atoms with Crippen molar-refractivity contribution in [3.8, 4) is 34.6 Å². The molecule has 0 aliphatic heterocycles. The van der Waals surface area contributed by atoms with Crippen molar-refractivity contribution in [1.29, 1.82) is 0 Å². The fraction of sp³-hybridized carbons (Fsp3) is 0.100.